The minimum atomic E-state index is -0.516. The third-order valence-electron chi connectivity index (χ3n) is 3.83. The Bertz CT molecular complexity index is 769. The lowest BCUT2D eigenvalue weighted by Gasteiger charge is -2.20. The van der Waals surface area contributed by atoms with Crippen LogP contribution in [0.15, 0.2) is 42.5 Å². The van der Waals surface area contributed by atoms with Crippen LogP contribution in [0, 0.1) is 0 Å². The summed E-state index contributed by atoms with van der Waals surface area (Å²) in [5.74, 6) is 0.706. The minimum absolute atomic E-state index is 0.147. The largest absolute Gasteiger partial charge is 0.486 e. The van der Waals surface area contributed by atoms with Gasteiger partial charge in [0.1, 0.15) is 17.5 Å². The fourth-order valence-corrected chi connectivity index (χ4v) is 3.09. The molecule has 0 fully saturated rings. The van der Waals surface area contributed by atoms with E-state index in [2.05, 4.69) is 23.5 Å². The van der Waals surface area contributed by atoms with E-state index in [0.29, 0.717) is 23.7 Å². The van der Waals surface area contributed by atoms with Crippen molar-refractivity contribution in [3.05, 3.63) is 53.1 Å². The molecule has 1 heterocycles. The highest BCUT2D eigenvalue weighted by atomic mass is 35.5. The molecule has 0 spiro atoms. The third kappa shape index (κ3) is 4.45. The van der Waals surface area contributed by atoms with Gasteiger partial charge >= 0.3 is 6.09 Å². The third-order valence-corrected chi connectivity index (χ3v) is 4.11. The second-order valence-corrected chi connectivity index (χ2v) is 7.55. The number of benzene rings is 2. The molecular formula is C20H22ClNO3. The molecule has 1 amide bonds. The lowest BCUT2D eigenvalue weighted by atomic mass is 10.0. The van der Waals surface area contributed by atoms with Crippen LogP contribution in [0.3, 0.4) is 0 Å². The Morgan fingerprint density at radius 3 is 2.64 bits per heavy atom. The van der Waals surface area contributed by atoms with Gasteiger partial charge in [0.05, 0.1) is 11.6 Å². The first-order chi connectivity index (χ1) is 11.8. The van der Waals surface area contributed by atoms with Crippen molar-refractivity contribution in [3.8, 4) is 16.9 Å². The van der Waals surface area contributed by atoms with Gasteiger partial charge in [-0.25, -0.2) is 4.79 Å². The SMILES string of the molecule is CC(C)(C)OC(=O)NCC1Cc2cc(-c3ccccc3)cc(Cl)c2O1. The first-order valence-electron chi connectivity index (χ1n) is 8.33. The second-order valence-electron chi connectivity index (χ2n) is 7.14. The van der Waals surface area contributed by atoms with Crippen LogP contribution in [0.2, 0.25) is 5.02 Å². The van der Waals surface area contributed by atoms with Crippen molar-refractivity contribution in [1.82, 2.24) is 5.32 Å². The molecule has 1 atom stereocenters. The number of hydrogen-bond donors (Lipinski definition) is 1. The summed E-state index contributed by atoms with van der Waals surface area (Å²) in [6, 6.07) is 14.1. The predicted octanol–water partition coefficient (Wildman–Crippen LogP) is 4.84. The maximum Gasteiger partial charge on any atom is 0.407 e. The number of hydrogen-bond acceptors (Lipinski definition) is 3. The maximum atomic E-state index is 11.8. The Morgan fingerprint density at radius 2 is 1.96 bits per heavy atom. The first-order valence-corrected chi connectivity index (χ1v) is 8.71. The highest BCUT2D eigenvalue weighted by Gasteiger charge is 2.27. The smallest absolute Gasteiger partial charge is 0.407 e. The van der Waals surface area contributed by atoms with Crippen LogP contribution < -0.4 is 10.1 Å². The molecule has 1 aliphatic heterocycles. The molecule has 3 rings (SSSR count). The summed E-state index contributed by atoms with van der Waals surface area (Å²) in [5.41, 5.74) is 2.72. The highest BCUT2D eigenvalue weighted by Crippen LogP contribution is 2.39. The zero-order chi connectivity index (χ0) is 18.0. The molecule has 0 aromatic heterocycles. The molecule has 0 radical (unpaired) electrons. The summed E-state index contributed by atoms with van der Waals surface area (Å²) in [5, 5.41) is 3.35. The number of amides is 1. The summed E-state index contributed by atoms with van der Waals surface area (Å²) in [6.07, 6.45) is 0.111. The van der Waals surface area contributed by atoms with Gasteiger partial charge in [0.25, 0.3) is 0 Å². The van der Waals surface area contributed by atoms with Gasteiger partial charge in [0.2, 0.25) is 0 Å². The summed E-state index contributed by atoms with van der Waals surface area (Å²) >= 11 is 6.40. The van der Waals surface area contributed by atoms with Gasteiger partial charge < -0.3 is 14.8 Å². The minimum Gasteiger partial charge on any atom is -0.486 e. The van der Waals surface area contributed by atoms with Crippen LogP contribution in [-0.4, -0.2) is 24.3 Å². The predicted molar refractivity (Wildman–Crippen MR) is 99.2 cm³/mol. The molecular weight excluding hydrogens is 338 g/mol. The van der Waals surface area contributed by atoms with E-state index >= 15 is 0 Å². The number of nitrogens with one attached hydrogen (secondary N) is 1. The van der Waals surface area contributed by atoms with Crippen molar-refractivity contribution in [2.24, 2.45) is 0 Å². The van der Waals surface area contributed by atoms with E-state index in [0.717, 1.165) is 16.7 Å². The number of ether oxygens (including phenoxy) is 2. The lowest BCUT2D eigenvalue weighted by Crippen LogP contribution is -2.38. The summed E-state index contributed by atoms with van der Waals surface area (Å²) in [6.45, 7) is 5.87. The van der Waals surface area contributed by atoms with E-state index < -0.39 is 11.7 Å². The molecule has 2 aromatic carbocycles. The number of rotatable bonds is 3. The van der Waals surface area contributed by atoms with Crippen LogP contribution in [0.1, 0.15) is 26.3 Å². The lowest BCUT2D eigenvalue weighted by molar-refractivity contribution is 0.0506. The standard InChI is InChI=1S/C20H22ClNO3/c1-20(2,3)25-19(23)22-12-16-10-15-9-14(11-17(21)18(15)24-16)13-7-5-4-6-8-13/h4-9,11,16H,10,12H2,1-3H3,(H,22,23). The molecule has 0 saturated heterocycles. The number of carbonyl (C=O) groups excluding carboxylic acids is 1. The Morgan fingerprint density at radius 1 is 1.24 bits per heavy atom. The van der Waals surface area contributed by atoms with Gasteiger partial charge in [-0.05, 0) is 44.0 Å². The number of halogens is 1. The molecule has 1 N–H and O–H groups in total. The Balaban J connectivity index is 1.67. The van der Waals surface area contributed by atoms with Crippen molar-refractivity contribution >= 4 is 17.7 Å². The highest BCUT2D eigenvalue weighted by molar-refractivity contribution is 6.32. The Kier molecular flexibility index (Phi) is 4.91. The van der Waals surface area contributed by atoms with Crippen molar-refractivity contribution in [2.45, 2.75) is 38.9 Å². The number of carbonyl (C=O) groups is 1. The molecule has 1 unspecified atom stereocenters. The topological polar surface area (TPSA) is 47.6 Å². The van der Waals surface area contributed by atoms with Crippen molar-refractivity contribution in [1.29, 1.82) is 0 Å². The molecule has 0 bridgehead atoms. The second kappa shape index (κ2) is 6.96. The molecule has 25 heavy (non-hydrogen) atoms. The van der Waals surface area contributed by atoms with Crippen LogP contribution in [0.5, 0.6) is 5.75 Å². The van der Waals surface area contributed by atoms with Gasteiger partial charge in [-0.1, -0.05) is 41.9 Å². The van der Waals surface area contributed by atoms with E-state index in [-0.39, 0.29) is 6.10 Å². The van der Waals surface area contributed by atoms with Crippen molar-refractivity contribution < 1.29 is 14.3 Å². The van der Waals surface area contributed by atoms with E-state index in [9.17, 15) is 4.79 Å². The Hall–Kier alpha value is -2.20. The van der Waals surface area contributed by atoms with Gasteiger partial charge in [-0.3, -0.25) is 0 Å². The summed E-state index contributed by atoms with van der Waals surface area (Å²) in [4.78, 5) is 11.8. The van der Waals surface area contributed by atoms with E-state index in [1.54, 1.807) is 0 Å². The van der Waals surface area contributed by atoms with Gasteiger partial charge in [0, 0.05) is 12.0 Å². The fraction of sp³-hybridized carbons (Fsp3) is 0.350. The van der Waals surface area contributed by atoms with Crippen LogP contribution in [-0.2, 0) is 11.2 Å². The Labute approximate surface area is 153 Å². The molecule has 1 aliphatic rings. The van der Waals surface area contributed by atoms with Gasteiger partial charge in [-0.2, -0.15) is 0 Å². The zero-order valence-electron chi connectivity index (χ0n) is 14.6. The van der Waals surface area contributed by atoms with Crippen LogP contribution >= 0.6 is 11.6 Å². The summed E-state index contributed by atoms with van der Waals surface area (Å²) < 4.78 is 11.2. The first kappa shape index (κ1) is 17.6. The van der Waals surface area contributed by atoms with Crippen LogP contribution in [0.4, 0.5) is 4.79 Å². The average molecular weight is 360 g/mol. The average Bonchev–Trinajstić information content (AvgIpc) is 2.96. The van der Waals surface area contributed by atoms with Crippen LogP contribution in [0.25, 0.3) is 11.1 Å². The fourth-order valence-electron chi connectivity index (χ4n) is 2.81. The molecule has 2 aromatic rings. The van der Waals surface area contributed by atoms with E-state index in [1.165, 1.54) is 0 Å². The number of alkyl carbamates (subject to hydrolysis) is 1. The molecule has 0 saturated carbocycles. The van der Waals surface area contributed by atoms with E-state index in [4.69, 9.17) is 21.1 Å². The molecule has 132 valence electrons. The quantitative estimate of drug-likeness (QED) is 0.853. The van der Waals surface area contributed by atoms with Crippen molar-refractivity contribution in [3.63, 3.8) is 0 Å². The normalized spacial score (nSPS) is 16.1. The summed E-state index contributed by atoms with van der Waals surface area (Å²) in [7, 11) is 0. The maximum absolute atomic E-state index is 11.8. The van der Waals surface area contributed by atoms with Crippen molar-refractivity contribution in [2.75, 3.05) is 6.54 Å². The molecule has 0 aliphatic carbocycles. The van der Waals surface area contributed by atoms with Gasteiger partial charge in [-0.15, -0.1) is 0 Å². The van der Waals surface area contributed by atoms with E-state index in [1.807, 2.05) is 45.0 Å². The molecule has 5 heteroatoms. The monoisotopic (exact) mass is 359 g/mol. The molecule has 4 nitrogen and oxygen atoms in total. The number of fused-ring (bicyclic) bond motifs is 1. The van der Waals surface area contributed by atoms with Gasteiger partial charge in [0.15, 0.2) is 0 Å². The zero-order valence-corrected chi connectivity index (χ0v) is 15.4.